The molecular weight excluding hydrogens is 410 g/mol. The minimum Gasteiger partial charge on any atom is -0.466 e. The van der Waals surface area contributed by atoms with Crippen molar-refractivity contribution in [3.63, 3.8) is 0 Å². The van der Waals surface area contributed by atoms with Gasteiger partial charge >= 0.3 is 17.5 Å². The summed E-state index contributed by atoms with van der Waals surface area (Å²) in [5.41, 5.74) is 13.5. The van der Waals surface area contributed by atoms with Gasteiger partial charge in [0.05, 0.1) is 6.04 Å². The van der Waals surface area contributed by atoms with E-state index in [1.54, 1.807) is 17.0 Å². The second kappa shape index (κ2) is 12.9. The Morgan fingerprint density at radius 3 is 2.37 bits per heavy atom. The molecular formula is C20H27N3O6S. The largest absolute Gasteiger partial charge is 0.466 e. The summed E-state index contributed by atoms with van der Waals surface area (Å²) in [6.45, 7) is 0.688. The SMILES string of the molecule is NCCN(C(=O)OCc1ccccc1)[C@H](CN)Cc1ccc(OCOS(=O)O)cc1. The van der Waals surface area contributed by atoms with Gasteiger partial charge in [0.1, 0.15) is 12.4 Å². The van der Waals surface area contributed by atoms with Gasteiger partial charge in [-0.25, -0.2) is 8.98 Å². The molecule has 0 saturated carbocycles. The van der Waals surface area contributed by atoms with Crippen LogP contribution in [0.5, 0.6) is 5.75 Å². The molecule has 0 saturated heterocycles. The first-order chi connectivity index (χ1) is 14.5. The standard InChI is InChI=1S/C20H27N3O6S/c21-10-11-23(20(24)27-14-17-4-2-1-3-5-17)18(13-22)12-16-6-8-19(9-7-16)28-15-29-30(25)26/h1-9,18H,10-15,21-22H2,(H,25,26)/t18-/m0/s1. The van der Waals surface area contributed by atoms with E-state index in [-0.39, 0.29) is 32.5 Å². The van der Waals surface area contributed by atoms with Gasteiger partial charge in [0.2, 0.25) is 6.79 Å². The van der Waals surface area contributed by atoms with Crippen LogP contribution in [0.25, 0.3) is 0 Å². The topological polar surface area (TPSA) is 137 Å². The molecule has 164 valence electrons. The number of ether oxygens (including phenoxy) is 2. The lowest BCUT2D eigenvalue weighted by molar-refractivity contribution is 0.0825. The third kappa shape index (κ3) is 8.09. The van der Waals surface area contributed by atoms with Gasteiger partial charge in [-0.1, -0.05) is 42.5 Å². The molecule has 2 atom stereocenters. The van der Waals surface area contributed by atoms with E-state index in [0.717, 1.165) is 11.1 Å². The zero-order chi connectivity index (χ0) is 21.8. The van der Waals surface area contributed by atoms with Gasteiger partial charge in [-0.2, -0.15) is 4.21 Å². The minimum absolute atomic E-state index is 0.171. The van der Waals surface area contributed by atoms with Crippen LogP contribution in [0.15, 0.2) is 54.6 Å². The molecule has 0 heterocycles. The summed E-state index contributed by atoms with van der Waals surface area (Å²) in [4.78, 5) is 14.2. The van der Waals surface area contributed by atoms with E-state index in [1.165, 1.54) is 0 Å². The third-order valence-electron chi connectivity index (χ3n) is 4.29. The van der Waals surface area contributed by atoms with Crippen LogP contribution in [0.3, 0.4) is 0 Å². The Morgan fingerprint density at radius 2 is 1.77 bits per heavy atom. The summed E-state index contributed by atoms with van der Waals surface area (Å²) in [7, 11) is 0. The van der Waals surface area contributed by atoms with E-state index in [0.29, 0.717) is 18.7 Å². The smallest absolute Gasteiger partial charge is 0.410 e. The fourth-order valence-corrected chi connectivity index (χ4v) is 2.94. The minimum atomic E-state index is -2.38. The van der Waals surface area contributed by atoms with Crippen molar-refractivity contribution in [3.05, 3.63) is 65.7 Å². The fourth-order valence-electron chi connectivity index (χ4n) is 2.81. The molecule has 2 aromatic carbocycles. The number of carbonyl (C=O) groups is 1. The highest BCUT2D eigenvalue weighted by Crippen LogP contribution is 2.16. The molecule has 30 heavy (non-hydrogen) atoms. The van der Waals surface area contributed by atoms with Gasteiger partial charge < -0.3 is 25.8 Å². The second-order valence-electron chi connectivity index (χ2n) is 6.36. The van der Waals surface area contributed by atoms with Crippen LogP contribution in [0.1, 0.15) is 11.1 Å². The first-order valence-electron chi connectivity index (χ1n) is 9.36. The van der Waals surface area contributed by atoms with E-state index in [9.17, 15) is 9.00 Å². The average Bonchev–Trinajstić information content (AvgIpc) is 2.76. The Bertz CT molecular complexity index is 791. The molecule has 0 aliphatic heterocycles. The van der Waals surface area contributed by atoms with Gasteiger partial charge in [-0.15, -0.1) is 0 Å². The molecule has 0 aliphatic carbocycles. The summed E-state index contributed by atoms with van der Waals surface area (Å²) in [5.74, 6) is 0.481. The van der Waals surface area contributed by atoms with Crippen molar-refractivity contribution in [2.45, 2.75) is 19.1 Å². The van der Waals surface area contributed by atoms with Crippen molar-refractivity contribution in [2.24, 2.45) is 11.5 Å². The van der Waals surface area contributed by atoms with Crippen molar-refractivity contribution >= 4 is 17.5 Å². The maximum Gasteiger partial charge on any atom is 0.410 e. The summed E-state index contributed by atoms with van der Waals surface area (Å²) < 4.78 is 34.1. The lowest BCUT2D eigenvalue weighted by Gasteiger charge is -2.30. The number of amides is 1. The number of hydrogen-bond donors (Lipinski definition) is 3. The summed E-state index contributed by atoms with van der Waals surface area (Å²) >= 11 is -2.38. The number of rotatable bonds is 12. The highest BCUT2D eigenvalue weighted by Gasteiger charge is 2.24. The molecule has 0 bridgehead atoms. The lowest BCUT2D eigenvalue weighted by atomic mass is 10.0. The van der Waals surface area contributed by atoms with Crippen LogP contribution in [0.4, 0.5) is 4.79 Å². The molecule has 2 rings (SSSR count). The maximum atomic E-state index is 12.6. The van der Waals surface area contributed by atoms with E-state index >= 15 is 0 Å². The van der Waals surface area contributed by atoms with E-state index in [2.05, 4.69) is 4.18 Å². The second-order valence-corrected chi connectivity index (χ2v) is 7.03. The quantitative estimate of drug-likeness (QED) is 0.337. The molecule has 9 nitrogen and oxygen atoms in total. The van der Waals surface area contributed by atoms with Crippen molar-refractivity contribution < 1.29 is 27.2 Å². The van der Waals surface area contributed by atoms with E-state index in [1.807, 2.05) is 42.5 Å². The van der Waals surface area contributed by atoms with Crippen LogP contribution in [0.2, 0.25) is 0 Å². The third-order valence-corrected chi connectivity index (χ3v) is 4.59. The molecule has 0 aromatic heterocycles. The summed E-state index contributed by atoms with van der Waals surface area (Å²) in [5, 5.41) is 0. The van der Waals surface area contributed by atoms with Crippen molar-refractivity contribution in [1.82, 2.24) is 4.90 Å². The Hall–Kier alpha value is -2.50. The number of nitrogens with two attached hydrogens (primary N) is 2. The Labute approximate surface area is 178 Å². The predicted octanol–water partition coefficient (Wildman–Crippen LogP) is 1.64. The Kier molecular flexibility index (Phi) is 10.3. The molecule has 1 unspecified atom stereocenters. The molecule has 10 heteroatoms. The summed E-state index contributed by atoms with van der Waals surface area (Å²) in [6.07, 6.45) is 0.0443. The molecule has 1 amide bonds. The zero-order valence-electron chi connectivity index (χ0n) is 16.5. The normalized spacial score (nSPS) is 12.8. The van der Waals surface area contributed by atoms with Crippen molar-refractivity contribution in [2.75, 3.05) is 26.4 Å². The van der Waals surface area contributed by atoms with E-state index in [4.69, 9.17) is 25.5 Å². The molecule has 0 fully saturated rings. The molecule has 0 radical (unpaired) electrons. The van der Waals surface area contributed by atoms with Crippen LogP contribution < -0.4 is 16.2 Å². The molecule has 0 spiro atoms. The van der Waals surface area contributed by atoms with Crippen LogP contribution in [-0.4, -0.2) is 52.2 Å². The average molecular weight is 438 g/mol. The monoisotopic (exact) mass is 437 g/mol. The van der Waals surface area contributed by atoms with Crippen LogP contribution in [0, 0.1) is 0 Å². The fraction of sp³-hybridized carbons (Fsp3) is 0.350. The van der Waals surface area contributed by atoms with Gasteiger partial charge in [-0.05, 0) is 29.7 Å². The highest BCUT2D eigenvalue weighted by molar-refractivity contribution is 7.74. The number of nitrogens with zero attached hydrogens (tertiary/aromatic N) is 1. The van der Waals surface area contributed by atoms with Gasteiger partial charge in [0.15, 0.2) is 0 Å². The van der Waals surface area contributed by atoms with E-state index < -0.39 is 17.5 Å². The first-order valence-corrected chi connectivity index (χ1v) is 10.4. The Balaban J connectivity index is 1.96. The maximum absolute atomic E-state index is 12.6. The van der Waals surface area contributed by atoms with Crippen molar-refractivity contribution in [1.29, 1.82) is 0 Å². The van der Waals surface area contributed by atoms with Crippen LogP contribution >= 0.6 is 0 Å². The number of carbonyl (C=O) groups excluding carboxylic acids is 1. The summed E-state index contributed by atoms with van der Waals surface area (Å²) in [6, 6.07) is 16.2. The zero-order valence-corrected chi connectivity index (χ0v) is 17.3. The van der Waals surface area contributed by atoms with Gasteiger partial charge in [0.25, 0.3) is 0 Å². The number of hydrogen-bond acceptors (Lipinski definition) is 7. The number of benzene rings is 2. The first kappa shape index (κ1) is 23.8. The lowest BCUT2D eigenvalue weighted by Crippen LogP contribution is -2.48. The van der Waals surface area contributed by atoms with Crippen LogP contribution in [-0.2, 0) is 33.3 Å². The van der Waals surface area contributed by atoms with Crippen molar-refractivity contribution in [3.8, 4) is 5.75 Å². The molecule has 0 aliphatic rings. The van der Waals surface area contributed by atoms with Gasteiger partial charge in [-0.3, -0.25) is 4.55 Å². The molecule has 2 aromatic rings. The van der Waals surface area contributed by atoms with Gasteiger partial charge in [0, 0.05) is 19.6 Å². The highest BCUT2D eigenvalue weighted by atomic mass is 32.2. The Morgan fingerprint density at radius 1 is 1.07 bits per heavy atom. The predicted molar refractivity (Wildman–Crippen MR) is 113 cm³/mol. The molecule has 5 N–H and O–H groups in total.